The van der Waals surface area contributed by atoms with Gasteiger partial charge in [0.05, 0.1) is 10.6 Å². The van der Waals surface area contributed by atoms with Gasteiger partial charge in [0.2, 0.25) is 0 Å². The van der Waals surface area contributed by atoms with Gasteiger partial charge in [-0.2, -0.15) is 5.10 Å². The number of nitro groups is 1. The zero-order chi connectivity index (χ0) is 15.2. The van der Waals surface area contributed by atoms with Crippen LogP contribution in [0.3, 0.4) is 0 Å². The Kier molecular flexibility index (Phi) is 4.61. The summed E-state index contributed by atoms with van der Waals surface area (Å²) in [6, 6.07) is 12.2. The molecule has 0 aliphatic heterocycles. The average Bonchev–Trinajstić information content (AvgIpc) is 2.50. The molecule has 0 aliphatic carbocycles. The van der Waals surface area contributed by atoms with Crippen LogP contribution in [-0.4, -0.2) is 10.6 Å². The summed E-state index contributed by atoms with van der Waals surface area (Å²) in [7, 11) is 0. The number of nitrogens with one attached hydrogen (secondary N) is 1. The highest BCUT2D eigenvalue weighted by molar-refractivity contribution is 6.00. The Morgan fingerprint density at radius 1 is 1.24 bits per heavy atom. The molecule has 0 bridgehead atoms. The minimum absolute atomic E-state index is 0.0455. The molecule has 6 heteroatoms. The molecule has 0 radical (unpaired) electrons. The van der Waals surface area contributed by atoms with Crippen molar-refractivity contribution < 1.29 is 9.31 Å². The van der Waals surface area contributed by atoms with Crippen LogP contribution in [0, 0.1) is 15.9 Å². The van der Waals surface area contributed by atoms with Gasteiger partial charge in [-0.3, -0.25) is 15.5 Å². The van der Waals surface area contributed by atoms with E-state index in [9.17, 15) is 14.5 Å². The number of halogens is 1. The highest BCUT2D eigenvalue weighted by Crippen LogP contribution is 2.23. The number of para-hydroxylation sites is 2. The maximum Gasteiger partial charge on any atom is 0.294 e. The molecule has 0 aliphatic rings. The van der Waals surface area contributed by atoms with Crippen molar-refractivity contribution in [2.45, 2.75) is 13.3 Å². The van der Waals surface area contributed by atoms with E-state index in [2.05, 4.69) is 10.5 Å². The van der Waals surface area contributed by atoms with Crippen molar-refractivity contribution in [3.05, 3.63) is 70.0 Å². The number of hydrogen-bond acceptors (Lipinski definition) is 4. The molecule has 5 nitrogen and oxygen atoms in total. The minimum atomic E-state index is -0.471. The molecule has 0 amide bonds. The molecule has 1 N–H and O–H groups in total. The van der Waals surface area contributed by atoms with Gasteiger partial charge in [0.1, 0.15) is 11.5 Å². The van der Waals surface area contributed by atoms with Crippen LogP contribution in [0.2, 0.25) is 0 Å². The first-order valence-corrected chi connectivity index (χ1v) is 6.43. The number of hydrazone groups is 1. The van der Waals surface area contributed by atoms with Crippen LogP contribution < -0.4 is 5.43 Å². The number of benzene rings is 2. The third-order valence-electron chi connectivity index (χ3n) is 2.92. The SMILES string of the molecule is CC/C(=N/Nc1ccccc1[N+](=O)[O-])c1ccc(F)cc1. The van der Waals surface area contributed by atoms with Crippen molar-refractivity contribution in [1.29, 1.82) is 0 Å². The predicted octanol–water partition coefficient (Wildman–Crippen LogP) is 3.96. The normalized spacial score (nSPS) is 11.2. The molecule has 0 unspecified atom stereocenters. The van der Waals surface area contributed by atoms with Crippen molar-refractivity contribution >= 4 is 17.1 Å². The molecule has 21 heavy (non-hydrogen) atoms. The van der Waals surface area contributed by atoms with Gasteiger partial charge in [0.15, 0.2) is 0 Å². The van der Waals surface area contributed by atoms with Gasteiger partial charge in [0.25, 0.3) is 5.69 Å². The van der Waals surface area contributed by atoms with Crippen molar-refractivity contribution in [3.8, 4) is 0 Å². The van der Waals surface area contributed by atoms with Gasteiger partial charge in [-0.25, -0.2) is 4.39 Å². The first kappa shape index (κ1) is 14.6. The monoisotopic (exact) mass is 287 g/mol. The first-order valence-electron chi connectivity index (χ1n) is 6.43. The summed E-state index contributed by atoms with van der Waals surface area (Å²) >= 11 is 0. The second kappa shape index (κ2) is 6.60. The highest BCUT2D eigenvalue weighted by atomic mass is 19.1. The summed E-state index contributed by atoms with van der Waals surface area (Å²) in [6.45, 7) is 1.91. The fourth-order valence-electron chi connectivity index (χ4n) is 1.85. The van der Waals surface area contributed by atoms with Gasteiger partial charge in [-0.05, 0) is 30.2 Å². The average molecular weight is 287 g/mol. The summed E-state index contributed by atoms with van der Waals surface area (Å²) < 4.78 is 12.9. The summed E-state index contributed by atoms with van der Waals surface area (Å²) in [4.78, 5) is 10.4. The molecule has 2 rings (SSSR count). The van der Waals surface area contributed by atoms with E-state index < -0.39 is 4.92 Å². The Hall–Kier alpha value is -2.76. The van der Waals surface area contributed by atoms with Crippen LogP contribution in [-0.2, 0) is 0 Å². The largest absolute Gasteiger partial charge is 0.294 e. The topological polar surface area (TPSA) is 67.5 Å². The van der Waals surface area contributed by atoms with Crippen LogP contribution in [0.1, 0.15) is 18.9 Å². The fraction of sp³-hybridized carbons (Fsp3) is 0.133. The highest BCUT2D eigenvalue weighted by Gasteiger charge is 2.11. The molecular weight excluding hydrogens is 273 g/mol. The minimum Gasteiger partial charge on any atom is -0.271 e. The maximum absolute atomic E-state index is 12.9. The Morgan fingerprint density at radius 3 is 2.52 bits per heavy atom. The molecule has 2 aromatic rings. The van der Waals surface area contributed by atoms with Crippen LogP contribution in [0.25, 0.3) is 0 Å². The molecule has 2 aromatic carbocycles. The van der Waals surface area contributed by atoms with E-state index >= 15 is 0 Å². The second-order valence-electron chi connectivity index (χ2n) is 4.31. The number of nitrogens with zero attached hydrogens (tertiary/aromatic N) is 2. The van der Waals surface area contributed by atoms with E-state index in [0.717, 1.165) is 5.56 Å². The van der Waals surface area contributed by atoms with Crippen LogP contribution in [0.5, 0.6) is 0 Å². The lowest BCUT2D eigenvalue weighted by atomic mass is 10.1. The predicted molar refractivity (Wildman–Crippen MR) is 79.9 cm³/mol. The summed E-state index contributed by atoms with van der Waals surface area (Å²) in [6.07, 6.45) is 0.610. The first-order chi connectivity index (χ1) is 10.1. The lowest BCUT2D eigenvalue weighted by Gasteiger charge is -2.06. The summed E-state index contributed by atoms with van der Waals surface area (Å²) in [5.74, 6) is -0.319. The maximum atomic E-state index is 12.9. The van der Waals surface area contributed by atoms with Crippen molar-refractivity contribution in [1.82, 2.24) is 0 Å². The van der Waals surface area contributed by atoms with E-state index in [1.54, 1.807) is 30.3 Å². The lowest BCUT2D eigenvalue weighted by Crippen LogP contribution is -2.04. The molecule has 108 valence electrons. The number of anilines is 1. The van der Waals surface area contributed by atoms with Crippen LogP contribution in [0.4, 0.5) is 15.8 Å². The van der Waals surface area contributed by atoms with E-state index in [1.165, 1.54) is 18.2 Å². The molecule has 0 saturated heterocycles. The Morgan fingerprint density at radius 2 is 1.90 bits per heavy atom. The van der Waals surface area contributed by atoms with Gasteiger partial charge >= 0.3 is 0 Å². The van der Waals surface area contributed by atoms with Crippen molar-refractivity contribution in [2.75, 3.05) is 5.43 Å². The summed E-state index contributed by atoms with van der Waals surface area (Å²) in [5.41, 5.74) is 4.44. The lowest BCUT2D eigenvalue weighted by molar-refractivity contribution is -0.384. The Balaban J connectivity index is 2.26. The van der Waals surface area contributed by atoms with Gasteiger partial charge < -0.3 is 0 Å². The number of nitro benzene ring substituents is 1. The van der Waals surface area contributed by atoms with E-state index in [4.69, 9.17) is 0 Å². The standard InChI is InChI=1S/C15H14FN3O2/c1-2-13(11-7-9-12(16)10-8-11)17-18-14-5-3-4-6-15(14)19(20)21/h3-10,18H,2H2,1H3/b17-13-. The quantitative estimate of drug-likeness (QED) is 0.514. The summed E-state index contributed by atoms with van der Waals surface area (Å²) in [5, 5.41) is 15.1. The van der Waals surface area contributed by atoms with Crippen molar-refractivity contribution in [2.24, 2.45) is 5.10 Å². The molecule has 0 saturated carbocycles. The van der Waals surface area contributed by atoms with E-state index in [0.29, 0.717) is 17.8 Å². The molecule has 0 aromatic heterocycles. The number of hydrogen-bond donors (Lipinski definition) is 1. The second-order valence-corrected chi connectivity index (χ2v) is 4.31. The van der Waals surface area contributed by atoms with Crippen LogP contribution in [0.15, 0.2) is 53.6 Å². The molecule has 0 heterocycles. The fourth-order valence-corrected chi connectivity index (χ4v) is 1.85. The zero-order valence-corrected chi connectivity index (χ0v) is 11.4. The number of rotatable bonds is 5. The molecular formula is C15H14FN3O2. The van der Waals surface area contributed by atoms with Crippen LogP contribution >= 0.6 is 0 Å². The molecule has 0 spiro atoms. The Bertz CT molecular complexity index is 669. The van der Waals surface area contributed by atoms with Gasteiger partial charge in [0, 0.05) is 6.07 Å². The zero-order valence-electron chi connectivity index (χ0n) is 11.4. The smallest absolute Gasteiger partial charge is 0.271 e. The van der Waals surface area contributed by atoms with E-state index in [1.807, 2.05) is 6.92 Å². The third kappa shape index (κ3) is 3.62. The van der Waals surface area contributed by atoms with Gasteiger partial charge in [-0.1, -0.05) is 31.2 Å². The molecule has 0 atom stereocenters. The Labute approximate surface area is 121 Å². The molecule has 0 fully saturated rings. The van der Waals surface area contributed by atoms with E-state index in [-0.39, 0.29) is 11.5 Å². The van der Waals surface area contributed by atoms with Crippen molar-refractivity contribution in [3.63, 3.8) is 0 Å². The van der Waals surface area contributed by atoms with Gasteiger partial charge in [-0.15, -0.1) is 0 Å². The third-order valence-corrected chi connectivity index (χ3v) is 2.92.